The third-order valence-electron chi connectivity index (χ3n) is 3.97. The van der Waals surface area contributed by atoms with E-state index < -0.39 is 0 Å². The van der Waals surface area contributed by atoms with E-state index in [0.717, 1.165) is 18.1 Å². The molecule has 1 saturated carbocycles. The molecule has 96 valence electrons. The first kappa shape index (κ1) is 12.7. The summed E-state index contributed by atoms with van der Waals surface area (Å²) < 4.78 is 5.59. The van der Waals surface area contributed by atoms with Crippen LogP contribution in [0.15, 0.2) is 10.5 Å². The highest BCUT2D eigenvalue weighted by atomic mass is 16.3. The topological polar surface area (TPSA) is 51.2 Å². The van der Waals surface area contributed by atoms with Crippen LogP contribution in [0.2, 0.25) is 0 Å². The molecule has 17 heavy (non-hydrogen) atoms. The van der Waals surface area contributed by atoms with Crippen LogP contribution in [0.25, 0.3) is 0 Å². The first-order valence-electron chi connectivity index (χ1n) is 6.65. The molecule has 0 saturated heterocycles. The SMILES string of the molecule is Cc1cc(C(C)NC2CCCC2CN)c(C)o1. The van der Waals surface area contributed by atoms with Gasteiger partial charge in [-0.25, -0.2) is 0 Å². The van der Waals surface area contributed by atoms with Crippen molar-refractivity contribution in [3.63, 3.8) is 0 Å². The van der Waals surface area contributed by atoms with Crippen LogP contribution in [0.3, 0.4) is 0 Å². The van der Waals surface area contributed by atoms with Crippen molar-refractivity contribution < 1.29 is 4.42 Å². The lowest BCUT2D eigenvalue weighted by Crippen LogP contribution is -2.37. The summed E-state index contributed by atoms with van der Waals surface area (Å²) >= 11 is 0. The molecule has 0 aromatic carbocycles. The third kappa shape index (κ3) is 2.72. The zero-order valence-corrected chi connectivity index (χ0v) is 11.1. The number of hydrogen-bond donors (Lipinski definition) is 2. The molecule has 0 bridgehead atoms. The van der Waals surface area contributed by atoms with E-state index in [1.54, 1.807) is 0 Å². The molecular weight excluding hydrogens is 212 g/mol. The quantitative estimate of drug-likeness (QED) is 0.845. The van der Waals surface area contributed by atoms with Crippen LogP contribution in [0.5, 0.6) is 0 Å². The molecule has 2 rings (SSSR count). The van der Waals surface area contributed by atoms with Crippen LogP contribution in [-0.4, -0.2) is 12.6 Å². The Bertz CT molecular complexity index is 372. The number of aryl methyl sites for hydroxylation is 2. The maximum atomic E-state index is 5.81. The fourth-order valence-corrected chi connectivity index (χ4v) is 3.03. The molecule has 0 aliphatic heterocycles. The van der Waals surface area contributed by atoms with Gasteiger partial charge in [-0.2, -0.15) is 0 Å². The standard InChI is InChI=1S/C14H24N2O/c1-9-7-13(11(3)17-9)10(2)16-14-6-4-5-12(14)8-15/h7,10,12,14,16H,4-6,8,15H2,1-3H3. The summed E-state index contributed by atoms with van der Waals surface area (Å²) in [6.07, 6.45) is 3.82. The molecule has 3 nitrogen and oxygen atoms in total. The lowest BCUT2D eigenvalue weighted by Gasteiger charge is -2.24. The molecule has 1 aromatic rings. The zero-order chi connectivity index (χ0) is 12.4. The minimum absolute atomic E-state index is 0.351. The molecule has 1 aliphatic carbocycles. The average molecular weight is 236 g/mol. The monoisotopic (exact) mass is 236 g/mol. The van der Waals surface area contributed by atoms with Crippen molar-refractivity contribution in [2.45, 2.75) is 52.1 Å². The van der Waals surface area contributed by atoms with Crippen LogP contribution < -0.4 is 11.1 Å². The summed E-state index contributed by atoms with van der Waals surface area (Å²) in [4.78, 5) is 0. The molecule has 0 radical (unpaired) electrons. The number of furan rings is 1. The Balaban J connectivity index is 2.01. The second-order valence-corrected chi connectivity index (χ2v) is 5.29. The minimum atomic E-state index is 0.351. The van der Waals surface area contributed by atoms with Gasteiger partial charge in [0.2, 0.25) is 0 Å². The highest BCUT2D eigenvalue weighted by Gasteiger charge is 2.27. The third-order valence-corrected chi connectivity index (χ3v) is 3.97. The van der Waals surface area contributed by atoms with E-state index in [4.69, 9.17) is 10.2 Å². The molecule has 3 atom stereocenters. The molecule has 1 heterocycles. The van der Waals surface area contributed by atoms with Crippen molar-refractivity contribution in [1.29, 1.82) is 0 Å². The summed E-state index contributed by atoms with van der Waals surface area (Å²) in [5.74, 6) is 2.67. The first-order chi connectivity index (χ1) is 8.11. The Morgan fingerprint density at radius 1 is 1.47 bits per heavy atom. The van der Waals surface area contributed by atoms with Gasteiger partial charge in [-0.1, -0.05) is 6.42 Å². The molecule has 3 unspecified atom stereocenters. The highest BCUT2D eigenvalue weighted by Crippen LogP contribution is 2.28. The van der Waals surface area contributed by atoms with Gasteiger partial charge in [-0.15, -0.1) is 0 Å². The van der Waals surface area contributed by atoms with Gasteiger partial charge in [0, 0.05) is 17.6 Å². The summed E-state index contributed by atoms with van der Waals surface area (Å²) in [6, 6.07) is 3.06. The van der Waals surface area contributed by atoms with E-state index in [2.05, 4.69) is 18.3 Å². The number of rotatable bonds is 4. The van der Waals surface area contributed by atoms with E-state index in [0.29, 0.717) is 18.0 Å². The smallest absolute Gasteiger partial charge is 0.105 e. The lowest BCUT2D eigenvalue weighted by molar-refractivity contribution is 0.371. The predicted octanol–water partition coefficient (Wildman–Crippen LogP) is 2.67. The maximum absolute atomic E-state index is 5.81. The van der Waals surface area contributed by atoms with Crippen LogP contribution >= 0.6 is 0 Å². The summed E-state index contributed by atoms with van der Waals surface area (Å²) in [6.45, 7) is 7.05. The van der Waals surface area contributed by atoms with Gasteiger partial charge in [0.1, 0.15) is 11.5 Å². The Hall–Kier alpha value is -0.800. The van der Waals surface area contributed by atoms with Gasteiger partial charge in [0.05, 0.1) is 0 Å². The molecule has 1 aliphatic rings. The second-order valence-electron chi connectivity index (χ2n) is 5.29. The summed E-state index contributed by atoms with van der Waals surface area (Å²) in [5.41, 5.74) is 7.10. The van der Waals surface area contributed by atoms with Crippen LogP contribution in [0.4, 0.5) is 0 Å². The molecule has 3 heteroatoms. The Kier molecular flexibility index (Phi) is 3.89. The summed E-state index contributed by atoms with van der Waals surface area (Å²) in [7, 11) is 0. The van der Waals surface area contributed by atoms with E-state index in [9.17, 15) is 0 Å². The van der Waals surface area contributed by atoms with Crippen molar-refractivity contribution in [2.75, 3.05) is 6.54 Å². The number of hydrogen-bond acceptors (Lipinski definition) is 3. The summed E-state index contributed by atoms with van der Waals surface area (Å²) in [5, 5.41) is 3.71. The van der Waals surface area contributed by atoms with Crippen LogP contribution in [0.1, 0.15) is 49.3 Å². The number of nitrogens with two attached hydrogens (primary N) is 1. The van der Waals surface area contributed by atoms with Crippen molar-refractivity contribution in [1.82, 2.24) is 5.32 Å². The van der Waals surface area contributed by atoms with Gasteiger partial charge < -0.3 is 15.5 Å². The van der Waals surface area contributed by atoms with Crippen molar-refractivity contribution >= 4 is 0 Å². The minimum Gasteiger partial charge on any atom is -0.466 e. The molecule has 1 aromatic heterocycles. The normalized spacial score (nSPS) is 26.4. The van der Waals surface area contributed by atoms with Crippen molar-refractivity contribution in [2.24, 2.45) is 11.7 Å². The van der Waals surface area contributed by atoms with Crippen LogP contribution in [0, 0.1) is 19.8 Å². The average Bonchev–Trinajstić information content (AvgIpc) is 2.84. The van der Waals surface area contributed by atoms with Gasteiger partial charge in [-0.05, 0) is 52.1 Å². The maximum Gasteiger partial charge on any atom is 0.105 e. The predicted molar refractivity (Wildman–Crippen MR) is 69.9 cm³/mol. The Labute approximate surface area is 104 Å². The second kappa shape index (κ2) is 5.23. The highest BCUT2D eigenvalue weighted by molar-refractivity contribution is 5.23. The van der Waals surface area contributed by atoms with Crippen molar-refractivity contribution in [3.05, 3.63) is 23.2 Å². The Morgan fingerprint density at radius 2 is 2.24 bits per heavy atom. The fourth-order valence-electron chi connectivity index (χ4n) is 3.03. The van der Waals surface area contributed by atoms with E-state index >= 15 is 0 Å². The first-order valence-corrected chi connectivity index (χ1v) is 6.65. The van der Waals surface area contributed by atoms with E-state index in [1.165, 1.54) is 24.8 Å². The van der Waals surface area contributed by atoms with Gasteiger partial charge in [0.15, 0.2) is 0 Å². The van der Waals surface area contributed by atoms with Gasteiger partial charge in [-0.3, -0.25) is 0 Å². The lowest BCUT2D eigenvalue weighted by atomic mass is 10.0. The molecule has 1 fully saturated rings. The molecule has 3 N–H and O–H groups in total. The van der Waals surface area contributed by atoms with Gasteiger partial charge >= 0.3 is 0 Å². The van der Waals surface area contributed by atoms with E-state index in [-0.39, 0.29) is 0 Å². The molecule has 0 spiro atoms. The van der Waals surface area contributed by atoms with E-state index in [1.807, 2.05) is 13.8 Å². The van der Waals surface area contributed by atoms with Gasteiger partial charge in [0.25, 0.3) is 0 Å². The largest absolute Gasteiger partial charge is 0.466 e. The molecule has 0 amide bonds. The zero-order valence-electron chi connectivity index (χ0n) is 11.1. The number of nitrogens with one attached hydrogen (secondary N) is 1. The molecular formula is C14H24N2O. The van der Waals surface area contributed by atoms with Crippen LogP contribution in [-0.2, 0) is 0 Å². The Morgan fingerprint density at radius 3 is 2.82 bits per heavy atom. The fraction of sp³-hybridized carbons (Fsp3) is 0.714. The van der Waals surface area contributed by atoms with Crippen molar-refractivity contribution in [3.8, 4) is 0 Å².